The number of aliphatic hydroxyl groups excluding tert-OH is 1. The normalized spacial score (nSPS) is 30.8. The van der Waals surface area contributed by atoms with Crippen LogP contribution in [0.2, 0.25) is 0 Å². The van der Waals surface area contributed by atoms with Crippen LogP contribution in [0.1, 0.15) is 37.7 Å². The first kappa shape index (κ1) is 18.0. The third-order valence-electron chi connectivity index (χ3n) is 6.76. The molecule has 0 bridgehead atoms. The first-order valence-corrected chi connectivity index (χ1v) is 9.54. The number of anilines is 1. The molecule has 3 aliphatic rings. The number of hydrogen-bond acceptors (Lipinski definition) is 4. The van der Waals surface area contributed by atoms with Gasteiger partial charge < -0.3 is 10.0 Å². The predicted octanol–water partition coefficient (Wildman–Crippen LogP) is 3.16. The topological polar surface area (TPSA) is 39.6 Å². The maximum absolute atomic E-state index is 12.7. The van der Waals surface area contributed by atoms with Gasteiger partial charge in [-0.3, -0.25) is 4.90 Å². The van der Waals surface area contributed by atoms with Crippen molar-refractivity contribution in [3.8, 4) is 0 Å². The van der Waals surface area contributed by atoms with Gasteiger partial charge in [-0.1, -0.05) is 6.42 Å². The zero-order valence-electron chi connectivity index (χ0n) is 14.9. The molecule has 4 nitrogen and oxygen atoms in total. The number of nitrogens with zero attached hydrogens (tertiary/aromatic N) is 3. The molecule has 3 fully saturated rings. The zero-order valence-corrected chi connectivity index (χ0v) is 14.9. The summed E-state index contributed by atoms with van der Waals surface area (Å²) < 4.78 is 38.0. The van der Waals surface area contributed by atoms with Crippen LogP contribution in [-0.4, -0.2) is 53.8 Å². The average molecular weight is 369 g/mol. The Hall–Kier alpha value is -1.34. The minimum Gasteiger partial charge on any atom is -0.396 e. The molecular weight excluding hydrogens is 343 g/mol. The van der Waals surface area contributed by atoms with Crippen molar-refractivity contribution in [2.45, 2.75) is 44.3 Å². The second kappa shape index (κ2) is 6.68. The molecule has 2 atom stereocenters. The second-order valence-electron chi connectivity index (χ2n) is 8.16. The molecule has 1 saturated carbocycles. The van der Waals surface area contributed by atoms with E-state index < -0.39 is 11.7 Å². The number of piperidine rings is 1. The summed E-state index contributed by atoms with van der Waals surface area (Å²) in [5.74, 6) is 1.25. The lowest BCUT2D eigenvalue weighted by molar-refractivity contribution is -0.137. The van der Waals surface area contributed by atoms with E-state index in [0.29, 0.717) is 24.4 Å². The van der Waals surface area contributed by atoms with Crippen LogP contribution in [-0.2, 0) is 6.18 Å². The van der Waals surface area contributed by atoms with Crippen molar-refractivity contribution in [1.82, 2.24) is 9.88 Å². The van der Waals surface area contributed by atoms with E-state index in [4.69, 9.17) is 0 Å². The van der Waals surface area contributed by atoms with E-state index in [1.807, 2.05) is 0 Å². The summed E-state index contributed by atoms with van der Waals surface area (Å²) in [5.41, 5.74) is -0.583. The van der Waals surface area contributed by atoms with Gasteiger partial charge in [-0.05, 0) is 43.7 Å². The number of rotatable bonds is 3. The van der Waals surface area contributed by atoms with Crippen molar-refractivity contribution < 1.29 is 18.3 Å². The molecule has 4 rings (SSSR count). The summed E-state index contributed by atoms with van der Waals surface area (Å²) >= 11 is 0. The maximum Gasteiger partial charge on any atom is 0.417 e. The van der Waals surface area contributed by atoms with Crippen molar-refractivity contribution >= 4 is 5.82 Å². The van der Waals surface area contributed by atoms with E-state index >= 15 is 0 Å². The average Bonchev–Trinajstić information content (AvgIpc) is 3.19. The van der Waals surface area contributed by atoms with Gasteiger partial charge in [-0.25, -0.2) is 4.98 Å². The Balaban J connectivity index is 1.35. The van der Waals surface area contributed by atoms with Gasteiger partial charge in [0.05, 0.1) is 12.2 Å². The van der Waals surface area contributed by atoms with Gasteiger partial charge in [0.15, 0.2) is 0 Å². The minimum atomic E-state index is -4.34. The van der Waals surface area contributed by atoms with Crippen LogP contribution in [0.25, 0.3) is 0 Å². The Kier molecular flexibility index (Phi) is 4.63. The number of halogens is 3. The molecule has 0 unspecified atom stereocenters. The Morgan fingerprint density at radius 2 is 1.96 bits per heavy atom. The molecule has 7 heteroatoms. The van der Waals surface area contributed by atoms with Crippen LogP contribution < -0.4 is 4.90 Å². The van der Waals surface area contributed by atoms with Crippen molar-refractivity contribution in [2.24, 2.45) is 11.3 Å². The summed E-state index contributed by atoms with van der Waals surface area (Å²) in [5, 5.41) is 9.89. The number of aromatic nitrogens is 1. The Labute approximate surface area is 152 Å². The van der Waals surface area contributed by atoms with Crippen LogP contribution in [0.15, 0.2) is 18.3 Å². The summed E-state index contributed by atoms with van der Waals surface area (Å²) in [6.07, 6.45) is 2.18. The van der Waals surface area contributed by atoms with E-state index in [1.165, 1.54) is 18.9 Å². The van der Waals surface area contributed by atoms with E-state index in [2.05, 4.69) is 14.8 Å². The number of likely N-dealkylation sites (tertiary alicyclic amines) is 1. The lowest BCUT2D eigenvalue weighted by atomic mass is 9.82. The van der Waals surface area contributed by atoms with Crippen molar-refractivity contribution in [2.75, 3.05) is 37.7 Å². The molecule has 0 radical (unpaired) electrons. The van der Waals surface area contributed by atoms with Crippen molar-refractivity contribution in [1.29, 1.82) is 0 Å². The van der Waals surface area contributed by atoms with Crippen LogP contribution in [0, 0.1) is 11.3 Å². The van der Waals surface area contributed by atoms with Gasteiger partial charge in [0, 0.05) is 43.8 Å². The quantitative estimate of drug-likeness (QED) is 0.889. The highest BCUT2D eigenvalue weighted by Crippen LogP contribution is 2.49. The molecule has 3 heterocycles. The molecule has 144 valence electrons. The zero-order chi connectivity index (χ0) is 18.4. The Morgan fingerprint density at radius 3 is 2.54 bits per heavy atom. The lowest BCUT2D eigenvalue weighted by Crippen LogP contribution is -2.45. The third-order valence-corrected chi connectivity index (χ3v) is 6.76. The molecule has 1 aromatic heterocycles. The lowest BCUT2D eigenvalue weighted by Gasteiger charge is -2.38. The molecule has 2 aliphatic heterocycles. The van der Waals surface area contributed by atoms with Gasteiger partial charge in [0.2, 0.25) is 0 Å². The van der Waals surface area contributed by atoms with Crippen LogP contribution in [0.4, 0.5) is 19.0 Å². The predicted molar refractivity (Wildman–Crippen MR) is 92.9 cm³/mol. The number of pyridine rings is 1. The fourth-order valence-electron chi connectivity index (χ4n) is 5.19. The molecule has 1 N–H and O–H groups in total. The van der Waals surface area contributed by atoms with E-state index in [0.717, 1.165) is 57.7 Å². The summed E-state index contributed by atoms with van der Waals surface area (Å²) in [6, 6.07) is 3.10. The fraction of sp³-hybridized carbons (Fsp3) is 0.737. The molecule has 0 spiro atoms. The van der Waals surface area contributed by atoms with E-state index in [9.17, 15) is 18.3 Å². The number of hydrogen-bond donors (Lipinski definition) is 1. The van der Waals surface area contributed by atoms with Gasteiger partial charge in [0.25, 0.3) is 0 Å². The Bertz CT molecular complexity index is 628. The van der Waals surface area contributed by atoms with Gasteiger partial charge in [0.1, 0.15) is 5.82 Å². The Morgan fingerprint density at radius 1 is 1.19 bits per heavy atom. The van der Waals surface area contributed by atoms with E-state index in [-0.39, 0.29) is 5.41 Å². The monoisotopic (exact) mass is 369 g/mol. The third kappa shape index (κ3) is 3.20. The molecule has 2 saturated heterocycles. The van der Waals surface area contributed by atoms with Gasteiger partial charge in [-0.2, -0.15) is 13.2 Å². The van der Waals surface area contributed by atoms with Crippen molar-refractivity contribution in [3.05, 3.63) is 23.9 Å². The molecule has 1 aromatic rings. The molecule has 1 aliphatic carbocycles. The number of alkyl halides is 3. The molecule has 0 amide bonds. The smallest absolute Gasteiger partial charge is 0.396 e. The maximum atomic E-state index is 12.7. The molecular formula is C19H26F3N3O. The largest absolute Gasteiger partial charge is 0.417 e. The molecule has 0 aromatic carbocycles. The first-order chi connectivity index (χ1) is 12.4. The van der Waals surface area contributed by atoms with Crippen LogP contribution in [0.3, 0.4) is 0 Å². The standard InChI is InChI=1S/C19H26F3N3O/c20-19(21,22)14-3-4-17(23-10-14)24-8-5-16(6-9-24)25-11-15-2-1-7-18(15,12-25)13-26/h3-4,10,15-16,26H,1-2,5-9,11-13H2/t15-,18+/m1/s1. The van der Waals surface area contributed by atoms with Crippen molar-refractivity contribution in [3.63, 3.8) is 0 Å². The second-order valence-corrected chi connectivity index (χ2v) is 8.16. The highest BCUT2D eigenvalue weighted by atomic mass is 19.4. The van der Waals surface area contributed by atoms with E-state index in [1.54, 1.807) is 0 Å². The highest BCUT2D eigenvalue weighted by Gasteiger charge is 2.50. The SMILES string of the molecule is OC[C@@]12CCC[C@@H]1CN(C1CCN(c3ccc(C(F)(F)F)cn3)CC1)C2. The highest BCUT2D eigenvalue weighted by molar-refractivity contribution is 5.40. The van der Waals surface area contributed by atoms with Crippen LogP contribution >= 0.6 is 0 Å². The summed E-state index contributed by atoms with van der Waals surface area (Å²) in [7, 11) is 0. The fourth-order valence-corrected chi connectivity index (χ4v) is 5.19. The van der Waals surface area contributed by atoms with Gasteiger partial charge in [-0.15, -0.1) is 0 Å². The van der Waals surface area contributed by atoms with Gasteiger partial charge >= 0.3 is 6.18 Å². The summed E-state index contributed by atoms with van der Waals surface area (Å²) in [6.45, 7) is 4.01. The first-order valence-electron chi connectivity index (χ1n) is 9.54. The number of aliphatic hydroxyl groups is 1. The molecule has 26 heavy (non-hydrogen) atoms. The summed E-state index contributed by atoms with van der Waals surface area (Å²) in [4.78, 5) is 8.65. The minimum absolute atomic E-state index is 0.117. The number of fused-ring (bicyclic) bond motifs is 1. The van der Waals surface area contributed by atoms with Crippen LogP contribution in [0.5, 0.6) is 0 Å².